The van der Waals surface area contributed by atoms with E-state index in [9.17, 15) is 9.18 Å². The van der Waals surface area contributed by atoms with Crippen molar-refractivity contribution in [3.63, 3.8) is 0 Å². The number of carbonyl (C=O) groups excluding carboxylic acids is 1. The summed E-state index contributed by atoms with van der Waals surface area (Å²) < 4.78 is 19.2. The van der Waals surface area contributed by atoms with Crippen molar-refractivity contribution < 1.29 is 13.9 Å². The molecular weight excluding hydrogens is 385 g/mol. The molecule has 1 aliphatic heterocycles. The summed E-state index contributed by atoms with van der Waals surface area (Å²) in [6.45, 7) is 7.93. The summed E-state index contributed by atoms with van der Waals surface area (Å²) in [5, 5.41) is 6.74. The topological polar surface area (TPSA) is 78.8 Å². The molecule has 0 bridgehead atoms. The van der Waals surface area contributed by atoms with Gasteiger partial charge in [-0.1, -0.05) is 12.8 Å². The monoisotopic (exact) mass is 421 g/mol. The van der Waals surface area contributed by atoms with Crippen LogP contribution in [0.2, 0.25) is 0 Å². The molecule has 168 valence electrons. The Bertz CT molecular complexity index is 705. The summed E-state index contributed by atoms with van der Waals surface area (Å²) in [5.41, 5.74) is -0.411. The molecule has 1 unspecified atom stereocenters. The van der Waals surface area contributed by atoms with Crippen LogP contribution in [-0.2, 0) is 9.53 Å². The van der Waals surface area contributed by atoms with E-state index in [4.69, 9.17) is 4.74 Å². The highest BCUT2D eigenvalue weighted by Gasteiger charge is 2.25. The third-order valence-electron chi connectivity index (χ3n) is 4.81. The first-order valence-electron chi connectivity index (χ1n) is 10.8. The highest BCUT2D eigenvalue weighted by atomic mass is 19.1. The van der Waals surface area contributed by atoms with Gasteiger partial charge < -0.3 is 20.3 Å². The molecule has 0 amide bonds. The maximum absolute atomic E-state index is 13.9. The van der Waals surface area contributed by atoms with Crippen LogP contribution in [0.1, 0.15) is 59.3 Å². The average molecular weight is 422 g/mol. The zero-order valence-corrected chi connectivity index (χ0v) is 18.7. The van der Waals surface area contributed by atoms with E-state index in [1.807, 2.05) is 25.7 Å². The number of carbonyl (C=O) groups is 1. The minimum absolute atomic E-state index is 0.124. The second-order valence-corrected chi connectivity index (χ2v) is 8.63. The van der Waals surface area contributed by atoms with Crippen molar-refractivity contribution >= 4 is 17.7 Å². The van der Waals surface area contributed by atoms with Crippen LogP contribution in [0.4, 0.5) is 10.2 Å². The van der Waals surface area contributed by atoms with Crippen molar-refractivity contribution in [3.8, 4) is 0 Å². The van der Waals surface area contributed by atoms with Crippen molar-refractivity contribution in [3.05, 3.63) is 24.1 Å². The number of rotatable bonds is 9. The van der Waals surface area contributed by atoms with E-state index < -0.39 is 5.60 Å². The summed E-state index contributed by atoms with van der Waals surface area (Å²) >= 11 is 0. The number of nitrogens with zero attached hydrogens (tertiary/aromatic N) is 3. The fourth-order valence-corrected chi connectivity index (χ4v) is 3.42. The van der Waals surface area contributed by atoms with E-state index in [0.29, 0.717) is 18.8 Å². The molecule has 2 heterocycles. The zero-order valence-electron chi connectivity index (χ0n) is 18.7. The van der Waals surface area contributed by atoms with E-state index in [2.05, 4.69) is 20.6 Å². The SMILES string of the molecule is CN=C(NCCCCCCC(=O)OC(C)(C)C)NC1CCN(c2ncccc2F)C1. The Kier molecular flexibility index (Phi) is 9.33. The van der Waals surface area contributed by atoms with Gasteiger partial charge in [-0.15, -0.1) is 0 Å². The van der Waals surface area contributed by atoms with Gasteiger partial charge in [-0.05, 0) is 52.2 Å². The van der Waals surface area contributed by atoms with Crippen LogP contribution in [0, 0.1) is 5.82 Å². The molecule has 1 aromatic rings. The number of guanidine groups is 1. The van der Waals surface area contributed by atoms with Crippen LogP contribution in [0.5, 0.6) is 0 Å². The average Bonchev–Trinajstić information content (AvgIpc) is 3.13. The number of nitrogens with one attached hydrogen (secondary N) is 2. The Morgan fingerprint density at radius 2 is 2.10 bits per heavy atom. The second kappa shape index (κ2) is 11.7. The number of hydrogen-bond donors (Lipinski definition) is 2. The minimum Gasteiger partial charge on any atom is -0.460 e. The van der Waals surface area contributed by atoms with Crippen molar-refractivity contribution in [1.82, 2.24) is 15.6 Å². The van der Waals surface area contributed by atoms with E-state index >= 15 is 0 Å². The van der Waals surface area contributed by atoms with Crippen molar-refractivity contribution in [2.24, 2.45) is 4.99 Å². The van der Waals surface area contributed by atoms with E-state index in [1.54, 1.807) is 19.3 Å². The first-order chi connectivity index (χ1) is 14.3. The van der Waals surface area contributed by atoms with Gasteiger partial charge in [-0.2, -0.15) is 0 Å². The fourth-order valence-electron chi connectivity index (χ4n) is 3.42. The van der Waals surface area contributed by atoms with Gasteiger partial charge in [0.15, 0.2) is 17.6 Å². The Hall–Kier alpha value is -2.38. The molecule has 0 spiro atoms. The van der Waals surface area contributed by atoms with Crippen molar-refractivity contribution in [2.45, 2.75) is 70.9 Å². The molecule has 1 aliphatic rings. The molecule has 30 heavy (non-hydrogen) atoms. The summed E-state index contributed by atoms with van der Waals surface area (Å²) in [6, 6.07) is 3.25. The third-order valence-corrected chi connectivity index (χ3v) is 4.81. The highest BCUT2D eigenvalue weighted by Crippen LogP contribution is 2.20. The molecular formula is C22H36FN5O2. The lowest BCUT2D eigenvalue weighted by atomic mass is 10.1. The summed E-state index contributed by atoms with van der Waals surface area (Å²) in [5.74, 6) is 0.766. The first-order valence-corrected chi connectivity index (χ1v) is 10.8. The maximum Gasteiger partial charge on any atom is 0.306 e. The van der Waals surface area contributed by atoms with Crippen LogP contribution < -0.4 is 15.5 Å². The second-order valence-electron chi connectivity index (χ2n) is 8.63. The molecule has 8 heteroatoms. The van der Waals surface area contributed by atoms with Crippen LogP contribution in [0.15, 0.2) is 23.3 Å². The lowest BCUT2D eigenvalue weighted by molar-refractivity contribution is -0.154. The Labute approximate surface area is 179 Å². The molecule has 7 nitrogen and oxygen atoms in total. The van der Waals surface area contributed by atoms with Crippen LogP contribution in [0.3, 0.4) is 0 Å². The van der Waals surface area contributed by atoms with E-state index in [0.717, 1.165) is 51.2 Å². The van der Waals surface area contributed by atoms with Crippen LogP contribution in [-0.4, -0.2) is 55.2 Å². The lowest BCUT2D eigenvalue weighted by Crippen LogP contribution is -2.45. The van der Waals surface area contributed by atoms with Gasteiger partial charge in [0.05, 0.1) is 0 Å². The number of esters is 1. The number of aliphatic imine (C=N–C) groups is 1. The van der Waals surface area contributed by atoms with Gasteiger partial charge in [0.2, 0.25) is 0 Å². The lowest BCUT2D eigenvalue weighted by Gasteiger charge is -2.20. The Morgan fingerprint density at radius 1 is 1.33 bits per heavy atom. The zero-order chi connectivity index (χ0) is 22.0. The van der Waals surface area contributed by atoms with Crippen LogP contribution in [0.25, 0.3) is 0 Å². The fraction of sp³-hybridized carbons (Fsp3) is 0.682. The standard InChI is InChI=1S/C22H36FN5O2/c1-22(2,3)30-19(29)11-7-5-6-8-13-26-21(24-4)27-17-12-15-28(16-17)20-18(23)10-9-14-25-20/h9-10,14,17H,5-8,11-13,15-16H2,1-4H3,(H2,24,26,27). The van der Waals surface area contributed by atoms with Crippen molar-refractivity contribution in [2.75, 3.05) is 31.6 Å². The molecule has 2 rings (SSSR count). The smallest absolute Gasteiger partial charge is 0.306 e. The van der Waals surface area contributed by atoms with Gasteiger partial charge >= 0.3 is 5.97 Å². The van der Waals surface area contributed by atoms with Crippen molar-refractivity contribution in [1.29, 1.82) is 0 Å². The number of anilines is 1. The number of aromatic nitrogens is 1. The number of halogens is 1. The van der Waals surface area contributed by atoms with E-state index in [-0.39, 0.29) is 17.8 Å². The van der Waals surface area contributed by atoms with Gasteiger partial charge in [0.25, 0.3) is 0 Å². The highest BCUT2D eigenvalue weighted by molar-refractivity contribution is 5.80. The number of unbranched alkanes of at least 4 members (excludes halogenated alkanes) is 3. The molecule has 0 aliphatic carbocycles. The molecule has 1 fully saturated rings. The van der Waals surface area contributed by atoms with Gasteiger partial charge in [-0.3, -0.25) is 9.79 Å². The Balaban J connectivity index is 1.59. The normalized spacial score (nSPS) is 17.2. The largest absolute Gasteiger partial charge is 0.460 e. The summed E-state index contributed by atoms with van der Waals surface area (Å²) in [7, 11) is 1.75. The number of hydrogen-bond acceptors (Lipinski definition) is 5. The molecule has 1 saturated heterocycles. The Morgan fingerprint density at radius 3 is 2.80 bits per heavy atom. The molecule has 1 aromatic heterocycles. The molecule has 1 atom stereocenters. The molecule has 0 radical (unpaired) electrons. The quantitative estimate of drug-likeness (QED) is 0.276. The molecule has 2 N–H and O–H groups in total. The predicted molar refractivity (Wildman–Crippen MR) is 118 cm³/mol. The van der Waals surface area contributed by atoms with Crippen LogP contribution >= 0.6 is 0 Å². The number of ether oxygens (including phenoxy) is 1. The molecule has 0 saturated carbocycles. The van der Waals surface area contributed by atoms with Gasteiger partial charge in [0.1, 0.15) is 5.60 Å². The number of pyridine rings is 1. The summed E-state index contributed by atoms with van der Waals surface area (Å²) in [4.78, 5) is 22.1. The minimum atomic E-state index is -0.411. The molecule has 0 aromatic carbocycles. The third kappa shape index (κ3) is 8.55. The predicted octanol–water partition coefficient (Wildman–Crippen LogP) is 3.26. The summed E-state index contributed by atoms with van der Waals surface area (Å²) in [6.07, 6.45) is 6.90. The van der Waals surface area contributed by atoms with Gasteiger partial charge in [0, 0.05) is 45.3 Å². The van der Waals surface area contributed by atoms with Gasteiger partial charge in [-0.25, -0.2) is 9.37 Å². The first kappa shape index (κ1) is 23.9. The maximum atomic E-state index is 13.9. The van der Waals surface area contributed by atoms with E-state index in [1.165, 1.54) is 6.07 Å².